The van der Waals surface area contributed by atoms with E-state index in [9.17, 15) is 0 Å². The van der Waals surface area contributed by atoms with Crippen molar-refractivity contribution in [2.45, 2.75) is 0 Å². The number of rotatable bonds is 1. The molecule has 1 rings (SSSR count). The van der Waals surface area contributed by atoms with Crippen LogP contribution in [0.1, 0.15) is 5.76 Å². The van der Waals surface area contributed by atoms with Gasteiger partial charge in [0, 0.05) is 7.05 Å². The van der Waals surface area contributed by atoms with Gasteiger partial charge in [0.1, 0.15) is 0 Å². The SMILES string of the molecule is CN(N)C(=S)c1cnco1. The van der Waals surface area contributed by atoms with E-state index in [-0.39, 0.29) is 0 Å². The van der Waals surface area contributed by atoms with E-state index < -0.39 is 0 Å². The van der Waals surface area contributed by atoms with E-state index >= 15 is 0 Å². The van der Waals surface area contributed by atoms with Gasteiger partial charge >= 0.3 is 0 Å². The average Bonchev–Trinajstić information content (AvgIpc) is 2.36. The topological polar surface area (TPSA) is 55.3 Å². The lowest BCUT2D eigenvalue weighted by Crippen LogP contribution is -2.31. The zero-order valence-corrected chi connectivity index (χ0v) is 6.26. The fraction of sp³-hybridized carbons (Fsp3) is 0.200. The molecule has 0 amide bonds. The van der Waals surface area contributed by atoms with Gasteiger partial charge in [-0.25, -0.2) is 10.8 Å². The van der Waals surface area contributed by atoms with Crippen molar-refractivity contribution in [2.24, 2.45) is 5.84 Å². The van der Waals surface area contributed by atoms with Crippen molar-refractivity contribution >= 4 is 17.2 Å². The molecule has 0 bridgehead atoms. The Morgan fingerprint density at radius 3 is 3.00 bits per heavy atom. The quantitative estimate of drug-likeness (QED) is 0.357. The fourth-order valence-electron chi connectivity index (χ4n) is 0.495. The Balaban J connectivity index is 2.78. The van der Waals surface area contributed by atoms with Crippen LogP contribution in [-0.4, -0.2) is 22.0 Å². The lowest BCUT2D eigenvalue weighted by Gasteiger charge is -2.08. The summed E-state index contributed by atoms with van der Waals surface area (Å²) < 4.78 is 4.88. The summed E-state index contributed by atoms with van der Waals surface area (Å²) >= 11 is 4.87. The summed E-state index contributed by atoms with van der Waals surface area (Å²) in [4.78, 5) is 4.13. The minimum absolute atomic E-state index is 0.442. The number of aromatic nitrogens is 1. The molecule has 0 saturated heterocycles. The van der Waals surface area contributed by atoms with E-state index in [0.717, 1.165) is 0 Å². The van der Waals surface area contributed by atoms with Gasteiger partial charge in [-0.2, -0.15) is 0 Å². The van der Waals surface area contributed by atoms with Gasteiger partial charge in [0.2, 0.25) is 0 Å². The molecule has 0 unspecified atom stereocenters. The average molecular weight is 157 g/mol. The Bertz CT molecular complexity index is 219. The van der Waals surface area contributed by atoms with Crippen LogP contribution < -0.4 is 5.84 Å². The molecule has 0 fully saturated rings. The Morgan fingerprint density at radius 2 is 2.60 bits per heavy atom. The summed E-state index contributed by atoms with van der Waals surface area (Å²) in [7, 11) is 1.64. The highest BCUT2D eigenvalue weighted by molar-refractivity contribution is 7.80. The molecule has 5 heteroatoms. The number of nitrogens with zero attached hydrogens (tertiary/aromatic N) is 2. The van der Waals surface area contributed by atoms with Gasteiger partial charge in [-0.15, -0.1) is 0 Å². The maximum Gasteiger partial charge on any atom is 0.182 e. The summed E-state index contributed by atoms with van der Waals surface area (Å²) in [5, 5.41) is 1.30. The Hall–Kier alpha value is -0.940. The fourth-order valence-corrected chi connectivity index (χ4v) is 0.596. The molecule has 10 heavy (non-hydrogen) atoms. The van der Waals surface area contributed by atoms with Crippen molar-refractivity contribution in [2.75, 3.05) is 7.05 Å². The molecule has 4 nitrogen and oxygen atoms in total. The molecule has 1 heterocycles. The third kappa shape index (κ3) is 1.31. The zero-order valence-electron chi connectivity index (χ0n) is 5.44. The van der Waals surface area contributed by atoms with E-state index in [4.69, 9.17) is 22.5 Å². The highest BCUT2D eigenvalue weighted by atomic mass is 32.1. The number of hydrogen-bond donors (Lipinski definition) is 1. The number of nitrogens with two attached hydrogens (primary N) is 1. The van der Waals surface area contributed by atoms with Gasteiger partial charge in [-0.3, -0.25) is 0 Å². The Kier molecular flexibility index (Phi) is 1.98. The third-order valence-corrected chi connectivity index (χ3v) is 1.45. The highest BCUT2D eigenvalue weighted by Gasteiger charge is 2.05. The number of oxazole rings is 1. The smallest absolute Gasteiger partial charge is 0.182 e. The molecule has 0 spiro atoms. The van der Waals surface area contributed by atoms with Gasteiger partial charge < -0.3 is 9.43 Å². The maximum atomic E-state index is 5.33. The van der Waals surface area contributed by atoms with Gasteiger partial charge in [-0.05, 0) is 0 Å². The van der Waals surface area contributed by atoms with Crippen LogP contribution in [0.15, 0.2) is 17.0 Å². The van der Waals surface area contributed by atoms with Crippen LogP contribution in [0, 0.1) is 0 Å². The summed E-state index contributed by atoms with van der Waals surface area (Å²) in [6.45, 7) is 0. The number of thiocarbonyl (C=S) groups is 1. The van der Waals surface area contributed by atoms with Crippen molar-refractivity contribution in [3.63, 3.8) is 0 Å². The van der Waals surface area contributed by atoms with Crippen LogP contribution in [-0.2, 0) is 0 Å². The van der Waals surface area contributed by atoms with E-state index in [0.29, 0.717) is 10.7 Å². The van der Waals surface area contributed by atoms with Crippen molar-refractivity contribution in [3.8, 4) is 0 Å². The lowest BCUT2D eigenvalue weighted by molar-refractivity contribution is 0.503. The predicted molar refractivity (Wildman–Crippen MR) is 40.2 cm³/mol. The second-order valence-electron chi connectivity index (χ2n) is 1.78. The molecular weight excluding hydrogens is 150 g/mol. The van der Waals surface area contributed by atoms with E-state index in [1.165, 1.54) is 17.6 Å². The normalized spacial score (nSPS) is 9.40. The Labute approximate surface area is 63.6 Å². The lowest BCUT2D eigenvalue weighted by atomic mass is 10.5. The molecule has 0 aliphatic carbocycles. The minimum atomic E-state index is 0.442. The third-order valence-electron chi connectivity index (χ3n) is 0.963. The molecule has 1 aromatic rings. The van der Waals surface area contributed by atoms with Crippen molar-refractivity contribution < 1.29 is 4.42 Å². The van der Waals surface area contributed by atoms with Gasteiger partial charge in [0.25, 0.3) is 0 Å². The number of hydrazine groups is 1. The molecule has 0 radical (unpaired) electrons. The molecule has 0 saturated carbocycles. The molecule has 0 atom stereocenters. The highest BCUT2D eigenvalue weighted by Crippen LogP contribution is 1.99. The summed E-state index contributed by atoms with van der Waals surface area (Å²) in [6, 6.07) is 0. The standard InChI is InChI=1S/C5H7N3OS/c1-8(6)5(10)4-2-7-3-9-4/h2-3H,6H2,1H3. The van der Waals surface area contributed by atoms with Crippen molar-refractivity contribution in [1.29, 1.82) is 0 Å². The first kappa shape index (κ1) is 7.17. The molecule has 54 valence electrons. The Morgan fingerprint density at radius 1 is 1.90 bits per heavy atom. The number of hydrogen-bond acceptors (Lipinski definition) is 4. The first-order valence-corrected chi connectivity index (χ1v) is 3.04. The van der Waals surface area contributed by atoms with Crippen LogP contribution in [0.2, 0.25) is 0 Å². The molecule has 0 aliphatic rings. The monoisotopic (exact) mass is 157 g/mol. The van der Waals surface area contributed by atoms with Crippen LogP contribution in [0.4, 0.5) is 0 Å². The van der Waals surface area contributed by atoms with Crippen LogP contribution >= 0.6 is 12.2 Å². The molecular formula is C5H7N3OS. The minimum Gasteiger partial charge on any atom is -0.441 e. The van der Waals surface area contributed by atoms with Crippen molar-refractivity contribution in [3.05, 3.63) is 18.4 Å². The zero-order chi connectivity index (χ0) is 7.56. The summed E-state index contributed by atoms with van der Waals surface area (Å²) in [5.41, 5.74) is 0. The van der Waals surface area contributed by atoms with E-state index in [1.807, 2.05) is 0 Å². The first-order valence-electron chi connectivity index (χ1n) is 2.63. The van der Waals surface area contributed by atoms with Gasteiger partial charge in [0.15, 0.2) is 17.1 Å². The van der Waals surface area contributed by atoms with Crippen LogP contribution in [0.5, 0.6) is 0 Å². The molecule has 2 N–H and O–H groups in total. The van der Waals surface area contributed by atoms with E-state index in [2.05, 4.69) is 4.98 Å². The second kappa shape index (κ2) is 2.76. The van der Waals surface area contributed by atoms with Crippen LogP contribution in [0.25, 0.3) is 0 Å². The first-order chi connectivity index (χ1) is 4.72. The largest absolute Gasteiger partial charge is 0.441 e. The van der Waals surface area contributed by atoms with Crippen LogP contribution in [0.3, 0.4) is 0 Å². The summed E-state index contributed by atoms with van der Waals surface area (Å²) in [6.07, 6.45) is 2.83. The van der Waals surface area contributed by atoms with Gasteiger partial charge in [0.05, 0.1) is 6.20 Å². The van der Waals surface area contributed by atoms with Crippen molar-refractivity contribution in [1.82, 2.24) is 9.99 Å². The molecule has 1 aromatic heterocycles. The maximum absolute atomic E-state index is 5.33. The molecule has 0 aromatic carbocycles. The van der Waals surface area contributed by atoms with E-state index in [1.54, 1.807) is 7.05 Å². The van der Waals surface area contributed by atoms with Gasteiger partial charge in [-0.1, -0.05) is 12.2 Å². The second-order valence-corrected chi connectivity index (χ2v) is 2.17. The molecule has 0 aliphatic heterocycles. The summed E-state index contributed by atoms with van der Waals surface area (Å²) in [5.74, 6) is 5.85. The predicted octanol–water partition coefficient (Wildman–Crippen LogP) is 0.156.